The molecule has 1 aromatic rings. The van der Waals surface area contributed by atoms with Gasteiger partial charge in [-0.05, 0) is 52.7 Å². The molecule has 0 saturated heterocycles. The summed E-state index contributed by atoms with van der Waals surface area (Å²) < 4.78 is 53.2. The van der Waals surface area contributed by atoms with Gasteiger partial charge in [0.05, 0.1) is 17.1 Å². The molecule has 0 heterocycles. The molecule has 1 rings (SSSR count). The van der Waals surface area contributed by atoms with E-state index in [1.165, 1.54) is 12.1 Å². The highest BCUT2D eigenvalue weighted by atomic mass is 32.2. The van der Waals surface area contributed by atoms with E-state index in [0.29, 0.717) is 19.4 Å². The Kier molecular flexibility index (Phi) is 8.29. The number of ether oxygens (including phenoxy) is 2. The summed E-state index contributed by atoms with van der Waals surface area (Å²) in [5.74, 6) is 0. The second-order valence-electron chi connectivity index (χ2n) is 5.92. The summed E-state index contributed by atoms with van der Waals surface area (Å²) >= 11 is 0. The second-order valence-corrected chi connectivity index (χ2v) is 7.53. The second kappa shape index (κ2) is 9.46. The van der Waals surface area contributed by atoms with Crippen molar-refractivity contribution in [2.45, 2.75) is 57.3 Å². The maximum absolute atomic E-state index is 13.3. The zero-order valence-corrected chi connectivity index (χ0v) is 15.6. The van der Waals surface area contributed by atoms with Crippen LogP contribution in [0.15, 0.2) is 29.2 Å². The van der Waals surface area contributed by atoms with Crippen LogP contribution in [0.5, 0.6) is 0 Å². The molecule has 5 nitrogen and oxygen atoms in total. The number of alkyl halides is 1. The Bertz CT molecular complexity index is 588. The van der Waals surface area contributed by atoms with Gasteiger partial charge in [0.15, 0.2) is 6.29 Å². The van der Waals surface area contributed by atoms with E-state index in [1.807, 2.05) is 13.8 Å². The molecule has 0 radical (unpaired) electrons. The van der Waals surface area contributed by atoms with Gasteiger partial charge in [0.1, 0.15) is 6.67 Å². The Morgan fingerprint density at radius 3 is 2.42 bits per heavy atom. The molecule has 0 bridgehead atoms. The fourth-order valence-corrected chi connectivity index (χ4v) is 3.16. The normalized spacial score (nSPS) is 15.9. The van der Waals surface area contributed by atoms with E-state index in [4.69, 9.17) is 13.7 Å². The fraction of sp³-hybridized carbons (Fsp3) is 0.647. The first-order chi connectivity index (χ1) is 11.2. The standard InChI is InChI=1S/C17H27FO5S/c1-5-21-15(3)23-17(4,13-18)11-6-12-22-24(19,20)16-9-7-14(2)8-10-16/h7-10,15H,5-6,11-13H2,1-4H3. The third-order valence-electron chi connectivity index (χ3n) is 3.53. The molecule has 0 fully saturated rings. The van der Waals surface area contributed by atoms with Gasteiger partial charge < -0.3 is 9.47 Å². The maximum Gasteiger partial charge on any atom is 0.296 e. The molecule has 1 aromatic carbocycles. The van der Waals surface area contributed by atoms with Crippen molar-refractivity contribution in [3.63, 3.8) is 0 Å². The molecule has 0 aliphatic rings. The van der Waals surface area contributed by atoms with Gasteiger partial charge in [-0.15, -0.1) is 0 Å². The van der Waals surface area contributed by atoms with E-state index in [-0.39, 0.29) is 11.5 Å². The van der Waals surface area contributed by atoms with Crippen LogP contribution < -0.4 is 0 Å². The zero-order valence-electron chi connectivity index (χ0n) is 14.7. The predicted octanol–water partition coefficient (Wildman–Crippen LogP) is 3.61. The average molecular weight is 362 g/mol. The molecule has 0 aromatic heterocycles. The van der Waals surface area contributed by atoms with Crippen LogP contribution in [0.2, 0.25) is 0 Å². The first kappa shape index (κ1) is 21.0. The summed E-state index contributed by atoms with van der Waals surface area (Å²) in [6, 6.07) is 6.42. The predicted molar refractivity (Wildman–Crippen MR) is 90.1 cm³/mol. The van der Waals surface area contributed by atoms with Gasteiger partial charge in [0.25, 0.3) is 10.1 Å². The number of rotatable bonds is 11. The van der Waals surface area contributed by atoms with Crippen LogP contribution in [0.1, 0.15) is 39.2 Å². The zero-order chi connectivity index (χ0) is 18.2. The Morgan fingerprint density at radius 2 is 1.88 bits per heavy atom. The van der Waals surface area contributed by atoms with Crippen molar-refractivity contribution in [3.05, 3.63) is 29.8 Å². The van der Waals surface area contributed by atoms with Gasteiger partial charge >= 0.3 is 0 Å². The van der Waals surface area contributed by atoms with Crippen molar-refractivity contribution in [2.24, 2.45) is 0 Å². The van der Waals surface area contributed by atoms with Crippen molar-refractivity contribution in [3.8, 4) is 0 Å². The quantitative estimate of drug-likeness (QED) is 0.342. The monoisotopic (exact) mass is 362 g/mol. The lowest BCUT2D eigenvalue weighted by Gasteiger charge is -2.30. The first-order valence-electron chi connectivity index (χ1n) is 8.04. The lowest BCUT2D eigenvalue weighted by molar-refractivity contribution is -0.202. The van der Waals surface area contributed by atoms with E-state index >= 15 is 0 Å². The van der Waals surface area contributed by atoms with Crippen LogP contribution in [0.4, 0.5) is 4.39 Å². The van der Waals surface area contributed by atoms with Crippen LogP contribution >= 0.6 is 0 Å². The SMILES string of the molecule is CCOC(C)OC(C)(CF)CCCOS(=O)(=O)c1ccc(C)cc1. The minimum atomic E-state index is -3.79. The van der Waals surface area contributed by atoms with Gasteiger partial charge in [-0.1, -0.05) is 17.7 Å². The van der Waals surface area contributed by atoms with Crippen molar-refractivity contribution in [1.82, 2.24) is 0 Å². The summed E-state index contributed by atoms with van der Waals surface area (Å²) in [5.41, 5.74) is -0.0563. The number of aryl methyl sites for hydroxylation is 1. The Balaban J connectivity index is 2.49. The molecule has 0 aliphatic heterocycles. The van der Waals surface area contributed by atoms with Crippen LogP contribution in [-0.4, -0.2) is 40.2 Å². The van der Waals surface area contributed by atoms with Crippen molar-refractivity contribution >= 4 is 10.1 Å². The van der Waals surface area contributed by atoms with E-state index in [2.05, 4.69) is 0 Å². The summed E-state index contributed by atoms with van der Waals surface area (Å²) in [6.45, 7) is 6.80. The van der Waals surface area contributed by atoms with Gasteiger partial charge in [0, 0.05) is 6.61 Å². The summed E-state index contributed by atoms with van der Waals surface area (Å²) in [5, 5.41) is 0. The third kappa shape index (κ3) is 6.84. The highest BCUT2D eigenvalue weighted by Gasteiger charge is 2.28. The van der Waals surface area contributed by atoms with Crippen LogP contribution in [0.25, 0.3) is 0 Å². The third-order valence-corrected chi connectivity index (χ3v) is 4.86. The minimum absolute atomic E-state index is 0.0296. The highest BCUT2D eigenvalue weighted by molar-refractivity contribution is 7.86. The molecule has 0 spiro atoms. The van der Waals surface area contributed by atoms with Crippen molar-refractivity contribution in [2.75, 3.05) is 19.9 Å². The summed E-state index contributed by atoms with van der Waals surface area (Å²) in [6.07, 6.45) is 0.155. The minimum Gasteiger partial charge on any atom is -0.353 e. The van der Waals surface area contributed by atoms with Gasteiger partial charge in [-0.25, -0.2) is 4.39 Å². The number of benzene rings is 1. The largest absolute Gasteiger partial charge is 0.353 e. The molecule has 0 saturated carbocycles. The number of hydrogen-bond acceptors (Lipinski definition) is 5. The smallest absolute Gasteiger partial charge is 0.296 e. The summed E-state index contributed by atoms with van der Waals surface area (Å²) in [7, 11) is -3.79. The Morgan fingerprint density at radius 1 is 1.25 bits per heavy atom. The van der Waals surface area contributed by atoms with E-state index in [0.717, 1.165) is 5.56 Å². The van der Waals surface area contributed by atoms with Crippen molar-refractivity contribution in [1.29, 1.82) is 0 Å². The molecule has 24 heavy (non-hydrogen) atoms. The fourth-order valence-electron chi connectivity index (χ4n) is 2.21. The van der Waals surface area contributed by atoms with Crippen LogP contribution in [0.3, 0.4) is 0 Å². The first-order valence-corrected chi connectivity index (χ1v) is 9.45. The molecule has 0 N–H and O–H groups in total. The van der Waals surface area contributed by atoms with E-state index in [9.17, 15) is 12.8 Å². The average Bonchev–Trinajstić information content (AvgIpc) is 2.52. The Hall–Kier alpha value is -1.02. The lowest BCUT2D eigenvalue weighted by Crippen LogP contribution is -2.36. The Labute approximate surface area is 144 Å². The number of hydrogen-bond donors (Lipinski definition) is 0. The van der Waals surface area contributed by atoms with Gasteiger partial charge in [0.2, 0.25) is 0 Å². The highest BCUT2D eigenvalue weighted by Crippen LogP contribution is 2.22. The van der Waals surface area contributed by atoms with Crippen LogP contribution in [-0.2, 0) is 23.8 Å². The van der Waals surface area contributed by atoms with Gasteiger partial charge in [-0.2, -0.15) is 8.42 Å². The van der Waals surface area contributed by atoms with E-state index < -0.39 is 28.7 Å². The van der Waals surface area contributed by atoms with E-state index in [1.54, 1.807) is 26.0 Å². The molecule has 7 heteroatoms. The van der Waals surface area contributed by atoms with Gasteiger partial charge in [-0.3, -0.25) is 4.18 Å². The molecule has 0 amide bonds. The maximum atomic E-state index is 13.3. The lowest BCUT2D eigenvalue weighted by atomic mass is 10.0. The summed E-state index contributed by atoms with van der Waals surface area (Å²) in [4.78, 5) is 0.113. The topological polar surface area (TPSA) is 61.8 Å². The van der Waals surface area contributed by atoms with Crippen molar-refractivity contribution < 1.29 is 26.5 Å². The molecule has 138 valence electrons. The molecular weight excluding hydrogens is 335 g/mol. The van der Waals surface area contributed by atoms with Crippen LogP contribution in [0, 0.1) is 6.92 Å². The molecule has 2 unspecified atom stereocenters. The molecule has 0 aliphatic carbocycles. The number of halogens is 1. The molecular formula is C17H27FO5S. The molecule has 2 atom stereocenters.